The average Bonchev–Trinajstić information content (AvgIpc) is 2.25. The van der Waals surface area contributed by atoms with Crippen molar-refractivity contribution in [3.8, 4) is 0 Å². The predicted octanol–water partition coefficient (Wildman–Crippen LogP) is 2.51. The van der Waals surface area contributed by atoms with Crippen molar-refractivity contribution in [3.05, 3.63) is 35.4 Å². The molecule has 0 aliphatic rings. The third kappa shape index (κ3) is 2.85. The zero-order chi connectivity index (χ0) is 13.9. The molecule has 5 heteroatoms. The van der Waals surface area contributed by atoms with Gasteiger partial charge >= 0.3 is 5.97 Å². The van der Waals surface area contributed by atoms with E-state index < -0.39 is 28.7 Å². The van der Waals surface area contributed by atoms with Crippen molar-refractivity contribution in [2.45, 2.75) is 26.3 Å². The molecular formula is C13H17F2NO2. The highest BCUT2D eigenvalue weighted by molar-refractivity contribution is 5.80. The first-order valence-electron chi connectivity index (χ1n) is 5.72. The van der Waals surface area contributed by atoms with Gasteiger partial charge in [-0.3, -0.25) is 5.32 Å². The molecule has 1 rings (SSSR count). The molecule has 0 saturated heterocycles. The van der Waals surface area contributed by atoms with E-state index in [2.05, 4.69) is 5.32 Å². The summed E-state index contributed by atoms with van der Waals surface area (Å²) in [4.78, 5) is 11.3. The van der Waals surface area contributed by atoms with Crippen LogP contribution < -0.4 is 5.32 Å². The number of nitrogens with one attached hydrogen (secondary N) is 1. The second-order valence-electron chi connectivity index (χ2n) is 4.80. The predicted molar refractivity (Wildman–Crippen MR) is 64.2 cm³/mol. The van der Waals surface area contributed by atoms with Gasteiger partial charge in [-0.1, -0.05) is 19.9 Å². The maximum Gasteiger partial charge on any atom is 0.328 e. The van der Waals surface area contributed by atoms with Crippen LogP contribution in [0.5, 0.6) is 0 Å². The molecule has 0 aromatic heterocycles. The van der Waals surface area contributed by atoms with Crippen LogP contribution in [0, 0.1) is 17.6 Å². The molecule has 0 spiro atoms. The summed E-state index contributed by atoms with van der Waals surface area (Å²) in [5, 5.41) is 12.0. The van der Waals surface area contributed by atoms with Crippen molar-refractivity contribution in [1.29, 1.82) is 0 Å². The van der Waals surface area contributed by atoms with Gasteiger partial charge in [0.25, 0.3) is 0 Å². The molecule has 0 radical (unpaired) electrons. The lowest BCUT2D eigenvalue weighted by Crippen LogP contribution is -2.49. The van der Waals surface area contributed by atoms with E-state index in [1.165, 1.54) is 13.0 Å². The van der Waals surface area contributed by atoms with Gasteiger partial charge in [0.2, 0.25) is 0 Å². The summed E-state index contributed by atoms with van der Waals surface area (Å²) in [6.07, 6.45) is 0. The summed E-state index contributed by atoms with van der Waals surface area (Å²) < 4.78 is 27.4. The lowest BCUT2D eigenvalue weighted by atomic mass is 9.90. The summed E-state index contributed by atoms with van der Waals surface area (Å²) >= 11 is 0. The number of carbonyl (C=O) groups is 1. The molecule has 0 aliphatic heterocycles. The van der Waals surface area contributed by atoms with Crippen molar-refractivity contribution in [2.75, 3.05) is 6.54 Å². The van der Waals surface area contributed by atoms with Gasteiger partial charge < -0.3 is 5.11 Å². The van der Waals surface area contributed by atoms with Gasteiger partial charge in [-0.05, 0) is 31.5 Å². The Hall–Kier alpha value is -1.49. The van der Waals surface area contributed by atoms with Crippen molar-refractivity contribution < 1.29 is 18.7 Å². The Bertz CT molecular complexity index is 428. The molecule has 0 amide bonds. The first-order chi connectivity index (χ1) is 8.29. The van der Waals surface area contributed by atoms with Gasteiger partial charge in [0, 0.05) is 0 Å². The van der Waals surface area contributed by atoms with Crippen molar-refractivity contribution in [3.63, 3.8) is 0 Å². The number of benzene rings is 1. The smallest absolute Gasteiger partial charge is 0.328 e. The second kappa shape index (κ2) is 5.44. The highest BCUT2D eigenvalue weighted by Gasteiger charge is 2.39. The van der Waals surface area contributed by atoms with Gasteiger partial charge in [0.15, 0.2) is 0 Å². The lowest BCUT2D eigenvalue weighted by Gasteiger charge is -2.28. The van der Waals surface area contributed by atoms with E-state index in [0.29, 0.717) is 6.54 Å². The van der Waals surface area contributed by atoms with Crippen LogP contribution >= 0.6 is 0 Å². The molecule has 2 N–H and O–H groups in total. The Morgan fingerprint density at radius 1 is 1.39 bits per heavy atom. The van der Waals surface area contributed by atoms with Gasteiger partial charge in [-0.2, -0.15) is 0 Å². The first kappa shape index (κ1) is 14.6. The molecular weight excluding hydrogens is 240 g/mol. The van der Waals surface area contributed by atoms with Crippen molar-refractivity contribution in [1.82, 2.24) is 5.32 Å². The van der Waals surface area contributed by atoms with Crippen LogP contribution in [0.1, 0.15) is 26.3 Å². The summed E-state index contributed by atoms with van der Waals surface area (Å²) in [7, 11) is 0. The summed E-state index contributed by atoms with van der Waals surface area (Å²) in [5.74, 6) is -2.88. The van der Waals surface area contributed by atoms with Crippen molar-refractivity contribution >= 4 is 5.97 Å². The van der Waals surface area contributed by atoms with E-state index in [4.69, 9.17) is 0 Å². The van der Waals surface area contributed by atoms with Crippen molar-refractivity contribution in [2.24, 2.45) is 5.92 Å². The number of hydrogen-bond acceptors (Lipinski definition) is 2. The third-order valence-corrected chi connectivity index (χ3v) is 2.75. The molecule has 1 unspecified atom stereocenters. The fourth-order valence-corrected chi connectivity index (χ4v) is 1.65. The van der Waals surface area contributed by atoms with Gasteiger partial charge in [-0.25, -0.2) is 13.6 Å². The maximum absolute atomic E-state index is 13.7. The van der Waals surface area contributed by atoms with Gasteiger partial charge in [0.1, 0.15) is 17.2 Å². The van der Waals surface area contributed by atoms with E-state index in [9.17, 15) is 18.7 Å². The molecule has 100 valence electrons. The summed E-state index contributed by atoms with van der Waals surface area (Å²) in [6, 6.07) is 3.31. The van der Waals surface area contributed by atoms with Crippen LogP contribution in [-0.4, -0.2) is 17.6 Å². The first-order valence-corrected chi connectivity index (χ1v) is 5.72. The zero-order valence-electron chi connectivity index (χ0n) is 10.6. The molecule has 0 bridgehead atoms. The maximum atomic E-state index is 13.7. The van der Waals surface area contributed by atoms with Crippen LogP contribution in [0.2, 0.25) is 0 Å². The van der Waals surface area contributed by atoms with Crippen LogP contribution in [0.3, 0.4) is 0 Å². The SMILES string of the molecule is CC(C)CNC(C)(C(=O)O)c1c(F)cccc1F. The Kier molecular flexibility index (Phi) is 4.40. The minimum absolute atomic E-state index is 0.165. The molecule has 0 aliphatic carbocycles. The highest BCUT2D eigenvalue weighted by Crippen LogP contribution is 2.27. The van der Waals surface area contributed by atoms with E-state index in [1.807, 2.05) is 13.8 Å². The Morgan fingerprint density at radius 2 is 1.89 bits per heavy atom. The van der Waals surface area contributed by atoms with Gasteiger partial charge in [0.05, 0.1) is 5.56 Å². The van der Waals surface area contributed by atoms with E-state index in [0.717, 1.165) is 12.1 Å². The largest absolute Gasteiger partial charge is 0.480 e. The van der Waals surface area contributed by atoms with Crippen LogP contribution in [0.15, 0.2) is 18.2 Å². The van der Waals surface area contributed by atoms with Gasteiger partial charge in [-0.15, -0.1) is 0 Å². The van der Waals surface area contributed by atoms with Crippen LogP contribution in [0.25, 0.3) is 0 Å². The number of halogens is 2. The number of rotatable bonds is 5. The standard InChI is InChI=1S/C13H17F2NO2/c1-8(2)7-16-13(3,12(17)18)11-9(14)5-4-6-10(11)15/h4-6,8,16H,7H2,1-3H3,(H,17,18). The second-order valence-corrected chi connectivity index (χ2v) is 4.80. The molecule has 0 fully saturated rings. The molecule has 1 aromatic rings. The Labute approximate surface area is 105 Å². The number of carboxylic acid groups (broad SMARTS) is 1. The fraction of sp³-hybridized carbons (Fsp3) is 0.462. The quantitative estimate of drug-likeness (QED) is 0.852. The lowest BCUT2D eigenvalue weighted by molar-refractivity contribution is -0.145. The Morgan fingerprint density at radius 3 is 2.28 bits per heavy atom. The normalized spacial score (nSPS) is 14.6. The van der Waals surface area contributed by atoms with E-state index in [1.54, 1.807) is 0 Å². The molecule has 3 nitrogen and oxygen atoms in total. The minimum atomic E-state index is -1.78. The molecule has 1 aromatic carbocycles. The molecule has 0 saturated carbocycles. The molecule has 0 heterocycles. The number of hydrogen-bond donors (Lipinski definition) is 2. The summed E-state index contributed by atoms with van der Waals surface area (Å²) in [5.41, 5.74) is -2.24. The average molecular weight is 257 g/mol. The fourth-order valence-electron chi connectivity index (χ4n) is 1.65. The monoisotopic (exact) mass is 257 g/mol. The van der Waals surface area contributed by atoms with E-state index in [-0.39, 0.29) is 5.92 Å². The molecule has 1 atom stereocenters. The van der Waals surface area contributed by atoms with E-state index >= 15 is 0 Å². The number of carboxylic acids is 1. The van der Waals surface area contributed by atoms with Crippen LogP contribution in [-0.2, 0) is 10.3 Å². The van der Waals surface area contributed by atoms with Crippen LogP contribution in [0.4, 0.5) is 8.78 Å². The zero-order valence-corrected chi connectivity index (χ0v) is 10.6. The molecule has 18 heavy (non-hydrogen) atoms. The Balaban J connectivity index is 3.23. The minimum Gasteiger partial charge on any atom is -0.480 e. The topological polar surface area (TPSA) is 49.3 Å². The summed E-state index contributed by atoms with van der Waals surface area (Å²) in [6.45, 7) is 5.37. The highest BCUT2D eigenvalue weighted by atomic mass is 19.1. The third-order valence-electron chi connectivity index (χ3n) is 2.75. The number of aliphatic carboxylic acids is 1.